The van der Waals surface area contributed by atoms with Crippen molar-refractivity contribution >= 4 is 37.2 Å². The van der Waals surface area contributed by atoms with Gasteiger partial charge in [-0.25, -0.2) is 0 Å². The van der Waals surface area contributed by atoms with Crippen LogP contribution in [0.15, 0.2) is 0 Å². The van der Waals surface area contributed by atoms with Gasteiger partial charge in [-0.3, -0.25) is 4.79 Å². The van der Waals surface area contributed by atoms with E-state index in [1.54, 1.807) is 0 Å². The number of carboxylic acids is 2. The van der Waals surface area contributed by atoms with Crippen molar-refractivity contribution in [2.75, 3.05) is 11.5 Å². The molecule has 0 saturated carbocycles. The van der Waals surface area contributed by atoms with E-state index in [2.05, 4.69) is 25.3 Å². The summed E-state index contributed by atoms with van der Waals surface area (Å²) in [5, 5.41) is 16.8. The van der Waals surface area contributed by atoms with Gasteiger partial charge in [0.15, 0.2) is 0 Å². The Balaban J connectivity index is -0.000000107. The molecule has 0 aromatic heterocycles. The molecule has 0 atom stereocenters. The molecule has 11 heavy (non-hydrogen) atoms. The van der Waals surface area contributed by atoms with Gasteiger partial charge in [0.1, 0.15) is 0 Å². The molecule has 0 saturated heterocycles. The molecule has 0 unspecified atom stereocenters. The number of carboxylic acid groups (broad SMARTS) is 2. The highest BCUT2D eigenvalue weighted by molar-refractivity contribution is 7.81. The zero-order valence-electron chi connectivity index (χ0n) is 5.98. The van der Waals surface area contributed by atoms with Crippen molar-refractivity contribution in [3.8, 4) is 0 Å². The molecule has 0 aliphatic rings. The average Bonchev–Trinajstić information content (AvgIpc) is 1.89. The van der Waals surface area contributed by atoms with Crippen molar-refractivity contribution in [2.24, 2.45) is 0 Å². The van der Waals surface area contributed by atoms with E-state index in [0.717, 1.165) is 0 Å². The summed E-state index contributed by atoms with van der Waals surface area (Å²) in [4.78, 5) is 18.5. The van der Waals surface area contributed by atoms with Crippen LogP contribution in [0, 0.1) is 0 Å². The van der Waals surface area contributed by atoms with Gasteiger partial charge in [-0.2, -0.15) is 25.3 Å². The predicted octanol–water partition coefficient (Wildman–Crippen LogP) is -0.957. The maximum absolute atomic E-state index is 9.29. The number of hydrogen-bond donors (Lipinski definition) is 4. The predicted molar refractivity (Wildman–Crippen MR) is 46.3 cm³/mol. The number of quaternary nitrogens is 1. The van der Waals surface area contributed by atoms with E-state index in [1.807, 2.05) is 0 Å². The Labute approximate surface area is 75.2 Å². The van der Waals surface area contributed by atoms with E-state index in [9.17, 15) is 14.7 Å². The summed E-state index contributed by atoms with van der Waals surface area (Å²) in [6.07, 6.45) is 0. The molecule has 0 bridgehead atoms. The Hall–Kier alpha value is -0.400. The molecule has 5 N–H and O–H groups in total. The molecule has 0 rings (SSSR count). The first-order valence-corrected chi connectivity index (χ1v) is 3.44. The Kier molecular flexibility index (Phi) is 18.9. The van der Waals surface area contributed by atoms with Crippen LogP contribution in [0.4, 0.5) is 0 Å². The molecule has 0 heterocycles. The van der Waals surface area contributed by atoms with Gasteiger partial charge in [-0.15, -0.1) is 0 Å². The third-order valence-corrected chi connectivity index (χ3v) is 0.793. The largest absolute Gasteiger partial charge is 0.549 e. The SMILES string of the molecule is O=C(O)CS.O=C([O-])CS.[NH4+]. The van der Waals surface area contributed by atoms with Gasteiger partial charge in [-0.1, -0.05) is 0 Å². The normalized spacial score (nSPS) is 6.73. The summed E-state index contributed by atoms with van der Waals surface area (Å²) >= 11 is 6.77. The minimum Gasteiger partial charge on any atom is -0.549 e. The van der Waals surface area contributed by atoms with Crippen LogP contribution in [0.2, 0.25) is 0 Å². The second-order valence-corrected chi connectivity index (χ2v) is 1.71. The van der Waals surface area contributed by atoms with Gasteiger partial charge in [-0.05, 0) is 0 Å². The summed E-state index contributed by atoms with van der Waals surface area (Å²) in [6.45, 7) is 0. The van der Waals surface area contributed by atoms with Crippen molar-refractivity contribution in [1.82, 2.24) is 6.15 Å². The van der Waals surface area contributed by atoms with E-state index in [1.165, 1.54) is 0 Å². The number of carbonyl (C=O) groups excluding carboxylic acids is 1. The number of aliphatic carboxylic acids is 2. The van der Waals surface area contributed by atoms with Crippen LogP contribution in [0.1, 0.15) is 0 Å². The molecule has 0 aromatic rings. The summed E-state index contributed by atoms with van der Waals surface area (Å²) in [6, 6.07) is 0. The smallest absolute Gasteiger partial charge is 0.313 e. The molecule has 0 amide bonds. The third-order valence-electron chi connectivity index (χ3n) is 0.264. The Morgan fingerprint density at radius 1 is 1.27 bits per heavy atom. The maximum atomic E-state index is 9.29. The molecule has 0 fully saturated rings. The zero-order valence-corrected chi connectivity index (χ0v) is 7.77. The first-order chi connectivity index (χ1) is 4.54. The molecular formula is C4H11NO4S2. The topological polar surface area (TPSA) is 114 Å². The Bertz CT molecular complexity index is 105. The van der Waals surface area contributed by atoms with E-state index < -0.39 is 11.9 Å². The highest BCUT2D eigenvalue weighted by Crippen LogP contribution is 1.66. The van der Waals surface area contributed by atoms with Crippen LogP contribution in [0.3, 0.4) is 0 Å². The summed E-state index contributed by atoms with van der Waals surface area (Å²) in [5.74, 6) is -2.29. The molecule has 5 nitrogen and oxygen atoms in total. The number of hydrogen-bond acceptors (Lipinski definition) is 5. The molecular weight excluding hydrogens is 190 g/mol. The van der Waals surface area contributed by atoms with Gasteiger partial charge in [0, 0.05) is 5.75 Å². The highest BCUT2D eigenvalue weighted by atomic mass is 32.1. The average molecular weight is 201 g/mol. The molecule has 0 spiro atoms. The fourth-order valence-electron chi connectivity index (χ4n) is 0. The van der Waals surface area contributed by atoms with Crippen molar-refractivity contribution in [3.05, 3.63) is 0 Å². The molecule has 0 aromatic carbocycles. The van der Waals surface area contributed by atoms with Crippen LogP contribution >= 0.6 is 25.3 Å². The van der Waals surface area contributed by atoms with E-state index in [0.29, 0.717) is 0 Å². The van der Waals surface area contributed by atoms with Crippen LogP contribution in [0.25, 0.3) is 0 Å². The Morgan fingerprint density at radius 2 is 1.45 bits per heavy atom. The Morgan fingerprint density at radius 3 is 1.45 bits per heavy atom. The van der Waals surface area contributed by atoms with Crippen LogP contribution in [0.5, 0.6) is 0 Å². The first kappa shape index (κ1) is 16.9. The zero-order chi connectivity index (χ0) is 8.57. The fourth-order valence-corrected chi connectivity index (χ4v) is 0. The van der Waals surface area contributed by atoms with Gasteiger partial charge < -0.3 is 21.2 Å². The van der Waals surface area contributed by atoms with Crippen molar-refractivity contribution in [3.63, 3.8) is 0 Å². The van der Waals surface area contributed by atoms with Gasteiger partial charge in [0.2, 0.25) is 0 Å². The number of rotatable bonds is 2. The first-order valence-electron chi connectivity index (χ1n) is 2.18. The van der Waals surface area contributed by atoms with Crippen LogP contribution in [-0.4, -0.2) is 28.6 Å². The quantitative estimate of drug-likeness (QED) is 0.431. The van der Waals surface area contributed by atoms with E-state index in [4.69, 9.17) is 5.11 Å². The summed E-state index contributed by atoms with van der Waals surface area (Å²) in [5.41, 5.74) is 0. The van der Waals surface area contributed by atoms with Crippen molar-refractivity contribution < 1.29 is 19.8 Å². The molecule has 7 heteroatoms. The van der Waals surface area contributed by atoms with E-state index in [-0.39, 0.29) is 17.7 Å². The van der Waals surface area contributed by atoms with Gasteiger partial charge in [0.25, 0.3) is 0 Å². The summed E-state index contributed by atoms with van der Waals surface area (Å²) < 4.78 is 0. The van der Waals surface area contributed by atoms with Crippen LogP contribution < -0.4 is 11.3 Å². The second kappa shape index (κ2) is 12.3. The lowest BCUT2D eigenvalue weighted by molar-refractivity contribution is -0.301. The van der Waals surface area contributed by atoms with Crippen molar-refractivity contribution in [1.29, 1.82) is 0 Å². The lowest BCUT2D eigenvalue weighted by atomic mass is 10.8. The minimum absolute atomic E-state index is 0. The highest BCUT2D eigenvalue weighted by Gasteiger charge is 1.81. The standard InChI is InChI=1S/2C2H4O2S.H3N/c2*3-2(4)1-5;/h2*5H,1H2,(H,3,4);1H3. The van der Waals surface area contributed by atoms with E-state index >= 15 is 0 Å². The fraction of sp³-hybridized carbons (Fsp3) is 0.500. The number of thiol groups is 2. The molecule has 0 radical (unpaired) electrons. The third kappa shape index (κ3) is 42.8. The molecule has 68 valence electrons. The minimum atomic E-state index is -1.13. The lowest BCUT2D eigenvalue weighted by Crippen LogP contribution is -2.23. The molecule has 0 aliphatic heterocycles. The second-order valence-electron chi connectivity index (χ2n) is 1.08. The maximum Gasteiger partial charge on any atom is 0.313 e. The summed E-state index contributed by atoms with van der Waals surface area (Å²) in [7, 11) is 0. The van der Waals surface area contributed by atoms with Gasteiger partial charge in [0.05, 0.1) is 11.7 Å². The number of carbonyl (C=O) groups is 2. The monoisotopic (exact) mass is 201 g/mol. The van der Waals surface area contributed by atoms with Crippen LogP contribution in [-0.2, 0) is 9.59 Å². The van der Waals surface area contributed by atoms with Gasteiger partial charge >= 0.3 is 5.97 Å². The lowest BCUT2D eigenvalue weighted by Gasteiger charge is -1.86. The van der Waals surface area contributed by atoms with Crippen molar-refractivity contribution in [2.45, 2.75) is 0 Å². The molecule has 0 aliphatic carbocycles.